The molecule has 31 heavy (non-hydrogen) atoms. The number of benzene rings is 2. The lowest BCUT2D eigenvalue weighted by Gasteiger charge is -2.34. The number of halogens is 3. The van der Waals surface area contributed by atoms with E-state index in [1.165, 1.54) is 24.0 Å². The molecule has 0 radical (unpaired) electrons. The normalized spacial score (nSPS) is 16.1. The standard InChI is InChI=1S/C23H25F3N2O3/c1-12-8-17-21(19(26)20(12)27-18(29)10-23(3,4)5)31-13(2)22(30)28(17)11-14-6-7-15(24)9-16(14)25/h6-9,13H,10-11H2,1-5H3,(H,27,29). The first kappa shape index (κ1) is 22.7. The summed E-state index contributed by atoms with van der Waals surface area (Å²) in [4.78, 5) is 26.3. The molecule has 0 spiro atoms. The molecule has 1 N–H and O–H groups in total. The fourth-order valence-corrected chi connectivity index (χ4v) is 3.42. The van der Waals surface area contributed by atoms with Crippen LogP contribution in [0, 0.1) is 29.8 Å². The van der Waals surface area contributed by atoms with Crippen LogP contribution in [-0.4, -0.2) is 17.9 Å². The monoisotopic (exact) mass is 434 g/mol. The molecule has 8 heteroatoms. The van der Waals surface area contributed by atoms with Crippen molar-refractivity contribution in [2.45, 2.75) is 53.7 Å². The molecule has 3 rings (SSSR count). The van der Waals surface area contributed by atoms with Crippen LogP contribution in [0.2, 0.25) is 0 Å². The molecule has 5 nitrogen and oxygen atoms in total. The number of hydrogen-bond donors (Lipinski definition) is 1. The van der Waals surface area contributed by atoms with Gasteiger partial charge in [0, 0.05) is 18.1 Å². The molecule has 0 saturated carbocycles. The lowest BCUT2D eigenvalue weighted by atomic mass is 9.92. The summed E-state index contributed by atoms with van der Waals surface area (Å²) in [5.74, 6) is -3.38. The highest BCUT2D eigenvalue weighted by Crippen LogP contribution is 2.42. The Morgan fingerprint density at radius 1 is 1.19 bits per heavy atom. The molecule has 0 bridgehead atoms. The minimum atomic E-state index is -1.02. The van der Waals surface area contributed by atoms with Gasteiger partial charge in [-0.05, 0) is 37.0 Å². The molecule has 1 aliphatic rings. The molecule has 2 amide bonds. The third-order valence-corrected chi connectivity index (χ3v) is 4.90. The van der Waals surface area contributed by atoms with E-state index in [1.54, 1.807) is 6.92 Å². The summed E-state index contributed by atoms with van der Waals surface area (Å²) in [6.07, 6.45) is -0.833. The van der Waals surface area contributed by atoms with Gasteiger partial charge in [-0.2, -0.15) is 0 Å². The summed E-state index contributed by atoms with van der Waals surface area (Å²) in [5, 5.41) is 2.59. The Hall–Kier alpha value is -3.03. The summed E-state index contributed by atoms with van der Waals surface area (Å²) in [6, 6.07) is 4.57. The van der Waals surface area contributed by atoms with Gasteiger partial charge in [0.15, 0.2) is 17.7 Å². The molecule has 0 fully saturated rings. The zero-order valence-electron chi connectivity index (χ0n) is 18.1. The van der Waals surface area contributed by atoms with Crippen LogP contribution in [0.4, 0.5) is 24.5 Å². The van der Waals surface area contributed by atoms with Crippen molar-refractivity contribution >= 4 is 23.2 Å². The number of anilines is 2. The molecular formula is C23H25F3N2O3. The SMILES string of the molecule is Cc1cc2c(c(F)c1NC(=O)CC(C)(C)C)OC(C)C(=O)N2Cc1ccc(F)cc1F. The summed E-state index contributed by atoms with van der Waals surface area (Å²) < 4.78 is 48.3. The van der Waals surface area contributed by atoms with E-state index in [2.05, 4.69) is 5.32 Å². The zero-order chi connectivity index (χ0) is 23.1. The van der Waals surface area contributed by atoms with Crippen molar-refractivity contribution in [1.29, 1.82) is 0 Å². The van der Waals surface area contributed by atoms with E-state index < -0.39 is 29.5 Å². The van der Waals surface area contributed by atoms with Crippen LogP contribution in [0.25, 0.3) is 0 Å². The third kappa shape index (κ3) is 4.84. The Kier molecular flexibility index (Phi) is 6.02. The van der Waals surface area contributed by atoms with Crippen molar-refractivity contribution in [3.8, 4) is 5.75 Å². The van der Waals surface area contributed by atoms with E-state index in [1.807, 2.05) is 20.8 Å². The molecule has 166 valence electrons. The van der Waals surface area contributed by atoms with Crippen molar-refractivity contribution in [2.75, 3.05) is 10.2 Å². The van der Waals surface area contributed by atoms with Crippen LogP contribution in [0.5, 0.6) is 5.75 Å². The number of aryl methyl sites for hydroxylation is 1. The highest BCUT2D eigenvalue weighted by molar-refractivity contribution is 6.01. The van der Waals surface area contributed by atoms with Crippen molar-refractivity contribution in [3.05, 3.63) is 52.8 Å². The molecule has 0 aliphatic carbocycles. The first-order valence-electron chi connectivity index (χ1n) is 9.92. The Morgan fingerprint density at radius 3 is 2.48 bits per heavy atom. The maximum Gasteiger partial charge on any atom is 0.268 e. The number of ether oxygens (including phenoxy) is 1. The minimum absolute atomic E-state index is 0.0255. The van der Waals surface area contributed by atoms with Crippen molar-refractivity contribution in [2.24, 2.45) is 5.41 Å². The van der Waals surface area contributed by atoms with Gasteiger partial charge in [-0.3, -0.25) is 9.59 Å². The number of carbonyl (C=O) groups is 2. The number of carbonyl (C=O) groups excluding carboxylic acids is 2. The summed E-state index contributed by atoms with van der Waals surface area (Å²) >= 11 is 0. The molecule has 1 unspecified atom stereocenters. The number of rotatable bonds is 4. The lowest BCUT2D eigenvalue weighted by molar-refractivity contribution is -0.125. The highest BCUT2D eigenvalue weighted by Gasteiger charge is 2.36. The van der Waals surface area contributed by atoms with Crippen LogP contribution in [0.3, 0.4) is 0 Å². The summed E-state index contributed by atoms with van der Waals surface area (Å²) in [7, 11) is 0. The molecule has 0 aromatic heterocycles. The Balaban J connectivity index is 2.00. The molecule has 2 aromatic carbocycles. The van der Waals surface area contributed by atoms with Crippen LogP contribution >= 0.6 is 0 Å². The maximum absolute atomic E-state index is 15.4. The summed E-state index contributed by atoms with van der Waals surface area (Å²) in [5.41, 5.74) is 0.276. The molecule has 1 aliphatic heterocycles. The second-order valence-electron chi connectivity index (χ2n) is 8.94. The maximum atomic E-state index is 15.4. The van der Waals surface area contributed by atoms with Gasteiger partial charge in [0.25, 0.3) is 5.91 Å². The fourth-order valence-electron chi connectivity index (χ4n) is 3.42. The molecule has 1 heterocycles. The smallest absolute Gasteiger partial charge is 0.268 e. The minimum Gasteiger partial charge on any atom is -0.476 e. The average Bonchev–Trinajstić information content (AvgIpc) is 2.64. The van der Waals surface area contributed by atoms with Gasteiger partial charge in [0.05, 0.1) is 17.9 Å². The molecule has 2 aromatic rings. The van der Waals surface area contributed by atoms with Gasteiger partial charge in [-0.15, -0.1) is 0 Å². The number of amides is 2. The zero-order valence-corrected chi connectivity index (χ0v) is 18.1. The fraction of sp³-hybridized carbons (Fsp3) is 0.391. The molecule has 1 atom stereocenters. The van der Waals surface area contributed by atoms with Gasteiger partial charge in [-0.1, -0.05) is 26.8 Å². The predicted molar refractivity (Wildman–Crippen MR) is 111 cm³/mol. The third-order valence-electron chi connectivity index (χ3n) is 4.90. The van der Waals surface area contributed by atoms with E-state index in [0.29, 0.717) is 5.56 Å². The first-order valence-corrected chi connectivity index (χ1v) is 9.92. The number of hydrogen-bond acceptors (Lipinski definition) is 3. The Labute approximate surface area is 179 Å². The second kappa shape index (κ2) is 8.24. The van der Waals surface area contributed by atoms with Crippen molar-refractivity contribution in [1.82, 2.24) is 0 Å². The highest BCUT2D eigenvalue weighted by atomic mass is 19.1. The van der Waals surface area contributed by atoms with Crippen LogP contribution in [0.1, 0.15) is 45.2 Å². The quantitative estimate of drug-likeness (QED) is 0.728. The van der Waals surface area contributed by atoms with Gasteiger partial charge in [-0.25, -0.2) is 13.2 Å². The van der Waals surface area contributed by atoms with E-state index in [9.17, 15) is 18.4 Å². The van der Waals surface area contributed by atoms with Gasteiger partial charge < -0.3 is 15.0 Å². The average molecular weight is 434 g/mol. The van der Waals surface area contributed by atoms with Gasteiger partial charge >= 0.3 is 0 Å². The van der Waals surface area contributed by atoms with E-state index in [4.69, 9.17) is 4.74 Å². The van der Waals surface area contributed by atoms with Gasteiger partial charge in [0.2, 0.25) is 5.91 Å². The van der Waals surface area contributed by atoms with E-state index >= 15 is 4.39 Å². The molecule has 0 saturated heterocycles. The van der Waals surface area contributed by atoms with Crippen LogP contribution < -0.4 is 15.0 Å². The van der Waals surface area contributed by atoms with E-state index in [-0.39, 0.29) is 47.0 Å². The Bertz CT molecular complexity index is 1050. The predicted octanol–water partition coefficient (Wildman–Crippen LogP) is 5.10. The van der Waals surface area contributed by atoms with Gasteiger partial charge in [0.1, 0.15) is 11.6 Å². The number of nitrogens with zero attached hydrogens (tertiary/aromatic N) is 1. The topological polar surface area (TPSA) is 58.6 Å². The molecular weight excluding hydrogens is 409 g/mol. The first-order chi connectivity index (χ1) is 14.4. The number of nitrogens with one attached hydrogen (secondary N) is 1. The number of fused-ring (bicyclic) bond motifs is 1. The summed E-state index contributed by atoms with van der Waals surface area (Å²) in [6.45, 7) is 8.51. The van der Waals surface area contributed by atoms with Crippen molar-refractivity contribution in [3.63, 3.8) is 0 Å². The second-order valence-corrected chi connectivity index (χ2v) is 8.94. The van der Waals surface area contributed by atoms with Crippen LogP contribution in [-0.2, 0) is 16.1 Å². The van der Waals surface area contributed by atoms with Crippen LogP contribution in [0.15, 0.2) is 24.3 Å². The van der Waals surface area contributed by atoms with E-state index in [0.717, 1.165) is 12.1 Å². The Morgan fingerprint density at radius 2 is 1.87 bits per heavy atom. The lowest BCUT2D eigenvalue weighted by Crippen LogP contribution is -2.44. The van der Waals surface area contributed by atoms with Crippen molar-refractivity contribution < 1.29 is 27.5 Å². The largest absolute Gasteiger partial charge is 0.476 e.